The van der Waals surface area contributed by atoms with Gasteiger partial charge in [-0.15, -0.1) is 0 Å². The van der Waals surface area contributed by atoms with Crippen LogP contribution in [0.15, 0.2) is 0 Å². The highest BCUT2D eigenvalue weighted by Gasteiger charge is 2.61. The molecule has 4 unspecified atom stereocenters. The van der Waals surface area contributed by atoms with Crippen LogP contribution in [0.2, 0.25) is 0 Å². The van der Waals surface area contributed by atoms with Gasteiger partial charge in [0.15, 0.2) is 6.61 Å². The number of aliphatic hydroxyl groups is 1. The minimum atomic E-state index is -0.475. The van der Waals surface area contributed by atoms with Crippen molar-refractivity contribution in [3.05, 3.63) is 0 Å². The fourth-order valence-corrected chi connectivity index (χ4v) is 9.54. The van der Waals surface area contributed by atoms with Crippen LogP contribution in [0.25, 0.3) is 0 Å². The first-order chi connectivity index (χ1) is 14.2. The Kier molecular flexibility index (Phi) is 4.07. The van der Waals surface area contributed by atoms with E-state index in [2.05, 4.69) is 13.8 Å². The first kappa shape index (κ1) is 19.6. The highest BCUT2D eigenvalue weighted by atomic mass is 16.6. The van der Waals surface area contributed by atoms with Crippen LogP contribution in [0.5, 0.6) is 0 Å². The number of rotatable bonds is 4. The molecule has 0 saturated heterocycles. The van der Waals surface area contributed by atoms with Gasteiger partial charge < -0.3 is 14.6 Å². The maximum absolute atomic E-state index is 13.1. The van der Waals surface area contributed by atoms with Gasteiger partial charge in [0, 0.05) is 0 Å². The van der Waals surface area contributed by atoms with Gasteiger partial charge in [0.1, 0.15) is 5.60 Å². The van der Waals surface area contributed by atoms with Crippen molar-refractivity contribution in [2.24, 2.45) is 46.3 Å². The van der Waals surface area contributed by atoms with Gasteiger partial charge in [0.25, 0.3) is 0 Å². The van der Waals surface area contributed by atoms with Gasteiger partial charge in [-0.2, -0.15) is 0 Å². The summed E-state index contributed by atoms with van der Waals surface area (Å²) >= 11 is 0. The molecule has 8 aliphatic carbocycles. The van der Waals surface area contributed by atoms with Gasteiger partial charge in [0.05, 0.1) is 11.5 Å². The summed E-state index contributed by atoms with van der Waals surface area (Å²) in [6.07, 6.45) is 10.1. The van der Waals surface area contributed by atoms with Crippen LogP contribution in [0.1, 0.15) is 78.1 Å². The third kappa shape index (κ3) is 2.76. The van der Waals surface area contributed by atoms with Crippen molar-refractivity contribution >= 4 is 11.9 Å². The molecule has 1 N–H and O–H groups in total. The van der Waals surface area contributed by atoms with Crippen LogP contribution in [-0.2, 0) is 19.1 Å². The molecule has 5 nitrogen and oxygen atoms in total. The minimum absolute atomic E-state index is 0.226. The Morgan fingerprint density at radius 3 is 2.07 bits per heavy atom. The molecule has 0 spiro atoms. The Morgan fingerprint density at radius 2 is 1.47 bits per heavy atom. The SMILES string of the molecule is CC12CC3CC(C1)C(C)(OC(=O)COC(=O)C14CC5CC(C1)C(O)C(C5)C4)C(C3)C2. The van der Waals surface area contributed by atoms with Crippen molar-refractivity contribution in [2.45, 2.75) is 89.8 Å². The van der Waals surface area contributed by atoms with Crippen LogP contribution >= 0.6 is 0 Å². The summed E-state index contributed by atoms with van der Waals surface area (Å²) in [5, 5.41) is 10.4. The molecule has 8 fully saturated rings. The van der Waals surface area contributed by atoms with Crippen LogP contribution in [-0.4, -0.2) is 35.4 Å². The van der Waals surface area contributed by atoms with Crippen molar-refractivity contribution in [1.82, 2.24) is 0 Å². The average Bonchev–Trinajstić information content (AvgIpc) is 2.66. The summed E-state index contributed by atoms with van der Waals surface area (Å²) < 4.78 is 11.7. The van der Waals surface area contributed by atoms with Gasteiger partial charge in [-0.05, 0) is 112 Å². The molecular formula is C25H36O5. The minimum Gasteiger partial charge on any atom is -0.456 e. The second-order valence-electron chi connectivity index (χ2n) is 12.6. The lowest BCUT2D eigenvalue weighted by atomic mass is 9.45. The Bertz CT molecular complexity index is 742. The van der Waals surface area contributed by atoms with Crippen LogP contribution in [0.3, 0.4) is 0 Å². The molecule has 8 bridgehead atoms. The summed E-state index contributed by atoms with van der Waals surface area (Å²) in [5.41, 5.74) is -0.445. The van der Waals surface area contributed by atoms with E-state index in [1.54, 1.807) is 0 Å². The molecule has 4 atom stereocenters. The Balaban J connectivity index is 1.09. The molecule has 166 valence electrons. The number of carbonyl (C=O) groups excluding carboxylic acids is 2. The number of ether oxygens (including phenoxy) is 2. The zero-order valence-corrected chi connectivity index (χ0v) is 18.4. The van der Waals surface area contributed by atoms with E-state index in [4.69, 9.17) is 9.47 Å². The lowest BCUT2D eigenvalue weighted by Crippen LogP contribution is -2.61. The van der Waals surface area contributed by atoms with E-state index in [-0.39, 0.29) is 36.5 Å². The number of esters is 2. The van der Waals surface area contributed by atoms with E-state index in [1.165, 1.54) is 19.3 Å². The van der Waals surface area contributed by atoms with E-state index in [0.29, 0.717) is 23.2 Å². The van der Waals surface area contributed by atoms with Crippen molar-refractivity contribution < 1.29 is 24.2 Å². The molecule has 0 aromatic rings. The van der Waals surface area contributed by atoms with Crippen molar-refractivity contribution in [2.75, 3.05) is 6.61 Å². The molecule has 8 aliphatic rings. The normalized spacial score (nSPS) is 55.0. The second-order valence-corrected chi connectivity index (χ2v) is 12.6. The van der Waals surface area contributed by atoms with Crippen LogP contribution in [0, 0.1) is 46.3 Å². The number of aliphatic hydroxyl groups excluding tert-OH is 1. The average molecular weight is 417 g/mol. The lowest BCUT2D eigenvalue weighted by Gasteiger charge is -2.62. The molecule has 0 amide bonds. The molecule has 0 aliphatic heterocycles. The molecule has 0 aromatic heterocycles. The van der Waals surface area contributed by atoms with E-state index < -0.39 is 11.0 Å². The molecule has 0 radical (unpaired) electrons. The third-order valence-electron chi connectivity index (χ3n) is 10.4. The topological polar surface area (TPSA) is 72.8 Å². The van der Waals surface area contributed by atoms with Gasteiger partial charge in [0.2, 0.25) is 0 Å². The van der Waals surface area contributed by atoms with Crippen molar-refractivity contribution in [3.8, 4) is 0 Å². The molecule has 0 heterocycles. The largest absolute Gasteiger partial charge is 0.456 e. The lowest BCUT2D eigenvalue weighted by molar-refractivity contribution is -0.221. The number of hydrogen-bond donors (Lipinski definition) is 1. The van der Waals surface area contributed by atoms with Crippen molar-refractivity contribution in [1.29, 1.82) is 0 Å². The smallest absolute Gasteiger partial charge is 0.344 e. The highest BCUT2D eigenvalue weighted by Crippen LogP contribution is 2.64. The zero-order valence-electron chi connectivity index (χ0n) is 18.4. The Labute approximate surface area is 179 Å². The molecule has 30 heavy (non-hydrogen) atoms. The van der Waals surface area contributed by atoms with E-state index in [1.807, 2.05) is 0 Å². The van der Waals surface area contributed by atoms with Gasteiger partial charge in [-0.1, -0.05) is 6.92 Å². The quantitative estimate of drug-likeness (QED) is 0.705. The Morgan fingerprint density at radius 1 is 0.867 bits per heavy atom. The van der Waals surface area contributed by atoms with Gasteiger partial charge in [-0.3, -0.25) is 4.79 Å². The summed E-state index contributed by atoms with van der Waals surface area (Å²) in [6, 6.07) is 0. The maximum Gasteiger partial charge on any atom is 0.344 e. The first-order valence-electron chi connectivity index (χ1n) is 12.3. The predicted molar refractivity (Wildman–Crippen MR) is 109 cm³/mol. The van der Waals surface area contributed by atoms with Gasteiger partial charge in [-0.25, -0.2) is 4.79 Å². The first-order valence-corrected chi connectivity index (χ1v) is 12.3. The summed E-state index contributed by atoms with van der Waals surface area (Å²) in [5.74, 6) is 2.05. The van der Waals surface area contributed by atoms with E-state index in [0.717, 1.165) is 50.9 Å². The molecule has 0 aromatic carbocycles. The van der Waals surface area contributed by atoms with Gasteiger partial charge >= 0.3 is 11.9 Å². The van der Waals surface area contributed by atoms with E-state index >= 15 is 0 Å². The number of hydrogen-bond acceptors (Lipinski definition) is 5. The predicted octanol–water partition coefficient (Wildman–Crippen LogP) is 3.86. The molecule has 8 rings (SSSR count). The van der Waals surface area contributed by atoms with Crippen LogP contribution in [0.4, 0.5) is 0 Å². The molecule has 8 saturated carbocycles. The monoisotopic (exact) mass is 416 g/mol. The fourth-order valence-electron chi connectivity index (χ4n) is 9.54. The van der Waals surface area contributed by atoms with Crippen LogP contribution < -0.4 is 0 Å². The number of carbonyl (C=O) groups is 2. The zero-order chi connectivity index (χ0) is 20.9. The summed E-state index contributed by atoms with van der Waals surface area (Å²) in [6.45, 7) is 4.27. The molecule has 5 heteroatoms. The Hall–Kier alpha value is -1.10. The standard InChI is InChI=1S/C25H36O5/c1-23-7-15-5-18(11-23)24(2,19(6-15)12-23)30-20(26)13-29-22(28)25-8-14-3-16(9-25)21(27)17(4-14)10-25/h14-19,21,27H,3-13H2,1-2H3. The maximum atomic E-state index is 13.1. The second kappa shape index (κ2) is 6.24. The van der Waals surface area contributed by atoms with Crippen molar-refractivity contribution in [3.63, 3.8) is 0 Å². The molecular weight excluding hydrogens is 380 g/mol. The van der Waals surface area contributed by atoms with E-state index in [9.17, 15) is 14.7 Å². The summed E-state index contributed by atoms with van der Waals surface area (Å²) in [7, 11) is 0. The highest BCUT2D eigenvalue weighted by molar-refractivity contribution is 5.81. The third-order valence-corrected chi connectivity index (χ3v) is 10.4. The fraction of sp³-hybridized carbons (Fsp3) is 0.920. The summed E-state index contributed by atoms with van der Waals surface area (Å²) in [4.78, 5) is 25.8.